The molecule has 1 aromatic rings. The Balaban J connectivity index is 1.68. The number of hydrogen-bond acceptors (Lipinski definition) is 8. The Morgan fingerprint density at radius 1 is 1.02 bits per heavy atom. The van der Waals surface area contributed by atoms with E-state index in [1.807, 2.05) is 6.92 Å². The zero-order valence-electron chi connectivity index (χ0n) is 31.7. The van der Waals surface area contributed by atoms with Crippen LogP contribution in [0.5, 0.6) is 5.75 Å². The van der Waals surface area contributed by atoms with Crippen LogP contribution < -0.4 is 48.9 Å². The summed E-state index contributed by atoms with van der Waals surface area (Å²) in [5.74, 6) is -2.46. The van der Waals surface area contributed by atoms with Crippen LogP contribution in [0.2, 0.25) is 0 Å². The first kappa shape index (κ1) is 44.3. The third kappa shape index (κ3) is 15.3. The van der Waals surface area contributed by atoms with E-state index < -0.39 is 18.1 Å². The molecule has 12 nitrogen and oxygen atoms in total. The predicted octanol–water partition coefficient (Wildman–Crippen LogP) is 4.70. The molecule has 3 amide bonds. The standard InChI is InChI=1S/C37H64F3N9O3S/c1-4-14-45-28-20-26(37(3,39)40)21-29(22-28)52-32-11-10-27(17-24(32)8-7-12-41)47-36(51)49-31-19-25(23(2)38)18-30(34(31)53-16-13-42)48-33(50)9-5-6-15-46-35(43)44/h20-25,27,30-32,34,45H,4-19,41-42H2,1-3H3,(H,48,50)(H4,43,44,46)(H2,47,49,51). The first-order valence-corrected chi connectivity index (χ1v) is 20.3. The fourth-order valence-electron chi connectivity index (χ4n) is 7.34. The molecule has 0 spiro atoms. The van der Waals surface area contributed by atoms with Crippen molar-refractivity contribution < 1.29 is 27.5 Å². The fraction of sp³-hybridized carbons (Fsp3) is 0.757. The van der Waals surface area contributed by atoms with Gasteiger partial charge in [-0.15, -0.1) is 0 Å². The maximum Gasteiger partial charge on any atom is 0.315 e. The molecule has 2 aliphatic carbocycles. The summed E-state index contributed by atoms with van der Waals surface area (Å²) in [7, 11) is 0. The van der Waals surface area contributed by atoms with E-state index in [1.54, 1.807) is 17.8 Å². The number of halogens is 3. The molecule has 0 aromatic heterocycles. The zero-order valence-corrected chi connectivity index (χ0v) is 32.5. The molecule has 1 aromatic carbocycles. The van der Waals surface area contributed by atoms with Gasteiger partial charge in [-0.1, -0.05) is 6.92 Å². The number of unbranched alkanes of at least 4 members (excludes halogenated alkanes) is 1. The van der Waals surface area contributed by atoms with Crippen LogP contribution in [0.25, 0.3) is 0 Å². The van der Waals surface area contributed by atoms with Crippen LogP contribution in [0, 0.1) is 11.8 Å². The highest BCUT2D eigenvalue weighted by molar-refractivity contribution is 8.00. The van der Waals surface area contributed by atoms with Gasteiger partial charge in [0.15, 0.2) is 5.96 Å². The van der Waals surface area contributed by atoms with Gasteiger partial charge >= 0.3 is 6.03 Å². The van der Waals surface area contributed by atoms with Crippen molar-refractivity contribution in [1.29, 1.82) is 0 Å². The highest BCUT2D eigenvalue weighted by Gasteiger charge is 2.42. The van der Waals surface area contributed by atoms with Crippen LogP contribution in [-0.2, 0) is 10.7 Å². The van der Waals surface area contributed by atoms with Crippen molar-refractivity contribution in [2.45, 2.75) is 133 Å². The lowest BCUT2D eigenvalue weighted by Crippen LogP contribution is -2.60. The van der Waals surface area contributed by atoms with Crippen molar-refractivity contribution in [2.75, 3.05) is 37.2 Å². The maximum absolute atomic E-state index is 14.8. The van der Waals surface area contributed by atoms with E-state index in [0.29, 0.717) is 88.3 Å². The van der Waals surface area contributed by atoms with Crippen LogP contribution in [-0.4, -0.2) is 85.5 Å². The largest absolute Gasteiger partial charge is 0.490 e. The average Bonchev–Trinajstić information content (AvgIpc) is 3.09. The van der Waals surface area contributed by atoms with Gasteiger partial charge in [0.05, 0.1) is 0 Å². The predicted molar refractivity (Wildman–Crippen MR) is 209 cm³/mol. The minimum absolute atomic E-state index is 0.0119. The number of amides is 3. The lowest BCUT2D eigenvalue weighted by molar-refractivity contribution is -0.122. The van der Waals surface area contributed by atoms with E-state index >= 15 is 0 Å². The molecule has 0 aliphatic heterocycles. The average molecular weight is 772 g/mol. The van der Waals surface area contributed by atoms with Crippen molar-refractivity contribution >= 4 is 35.3 Å². The van der Waals surface area contributed by atoms with Gasteiger partial charge in [-0.2, -0.15) is 11.8 Å². The van der Waals surface area contributed by atoms with E-state index in [1.165, 1.54) is 19.1 Å². The molecular formula is C37H64F3N9O3S. The number of rotatable bonds is 21. The minimum Gasteiger partial charge on any atom is -0.490 e. The summed E-state index contributed by atoms with van der Waals surface area (Å²) in [5, 5.41) is 12.4. The molecular weight excluding hydrogens is 708 g/mol. The third-order valence-electron chi connectivity index (χ3n) is 10.1. The van der Waals surface area contributed by atoms with Gasteiger partial charge in [0.1, 0.15) is 18.0 Å². The van der Waals surface area contributed by atoms with Crippen LogP contribution in [0.15, 0.2) is 23.2 Å². The summed E-state index contributed by atoms with van der Waals surface area (Å²) in [6, 6.07) is 3.38. The second-order valence-electron chi connectivity index (χ2n) is 14.6. The Kier molecular flexibility index (Phi) is 18.6. The normalized spacial score (nSPS) is 25.2. The number of anilines is 1. The van der Waals surface area contributed by atoms with E-state index in [9.17, 15) is 22.8 Å². The van der Waals surface area contributed by atoms with Gasteiger partial charge in [-0.25, -0.2) is 18.0 Å². The van der Waals surface area contributed by atoms with Crippen molar-refractivity contribution in [3.05, 3.63) is 23.8 Å². The summed E-state index contributed by atoms with van der Waals surface area (Å²) >= 11 is 1.58. The van der Waals surface area contributed by atoms with E-state index in [0.717, 1.165) is 26.2 Å². The summed E-state index contributed by atoms with van der Waals surface area (Å²) in [6.07, 6.45) is 5.31. The second kappa shape index (κ2) is 22.3. The van der Waals surface area contributed by atoms with Crippen molar-refractivity contribution in [3.63, 3.8) is 0 Å². The summed E-state index contributed by atoms with van der Waals surface area (Å²) in [6.45, 7) is 6.41. The Morgan fingerprint density at radius 3 is 2.40 bits per heavy atom. The van der Waals surface area contributed by atoms with Gasteiger partial charge < -0.3 is 48.9 Å². The number of aliphatic imine (C=N–C) groups is 1. The number of carbonyl (C=O) groups is 2. The number of nitrogens with zero attached hydrogens (tertiary/aromatic N) is 1. The SMILES string of the molecule is CCCNc1cc(OC2CCC(NC(=O)NC3CC(C(C)F)CC(NC(=O)CCCCN=C(N)N)C3SCCN)CC2CCCN)cc(C(C)(F)F)c1. The first-order chi connectivity index (χ1) is 25.2. The van der Waals surface area contributed by atoms with Crippen molar-refractivity contribution in [1.82, 2.24) is 16.0 Å². The molecule has 302 valence electrons. The lowest BCUT2D eigenvalue weighted by atomic mass is 9.79. The van der Waals surface area contributed by atoms with Crippen LogP contribution in [0.1, 0.15) is 97.0 Å². The van der Waals surface area contributed by atoms with E-state index in [2.05, 4.69) is 26.3 Å². The van der Waals surface area contributed by atoms with E-state index in [4.69, 9.17) is 27.7 Å². The van der Waals surface area contributed by atoms with Gasteiger partial charge in [0.25, 0.3) is 5.92 Å². The van der Waals surface area contributed by atoms with Crippen molar-refractivity contribution in [3.8, 4) is 5.75 Å². The van der Waals surface area contributed by atoms with Crippen LogP contribution in [0.3, 0.4) is 0 Å². The number of benzene rings is 1. The molecule has 12 N–H and O–H groups in total. The number of thioether (sulfide) groups is 1. The highest BCUT2D eigenvalue weighted by Crippen LogP contribution is 2.38. The quantitative estimate of drug-likeness (QED) is 0.0495. The molecule has 0 heterocycles. The minimum atomic E-state index is -3.03. The molecule has 0 saturated heterocycles. The summed E-state index contributed by atoms with van der Waals surface area (Å²) in [4.78, 5) is 30.5. The molecule has 0 radical (unpaired) electrons. The monoisotopic (exact) mass is 771 g/mol. The van der Waals surface area contributed by atoms with Gasteiger partial charge in [-0.3, -0.25) is 9.79 Å². The number of carbonyl (C=O) groups excluding carboxylic acids is 2. The highest BCUT2D eigenvalue weighted by atomic mass is 32.2. The molecule has 2 aliphatic rings. The van der Waals surface area contributed by atoms with Gasteiger partial charge in [0, 0.05) is 79.4 Å². The van der Waals surface area contributed by atoms with Crippen LogP contribution in [0.4, 0.5) is 23.7 Å². The molecule has 53 heavy (non-hydrogen) atoms. The number of urea groups is 1. The lowest BCUT2D eigenvalue weighted by Gasteiger charge is -2.43. The van der Waals surface area contributed by atoms with Crippen LogP contribution >= 0.6 is 11.8 Å². The molecule has 16 heteroatoms. The first-order valence-electron chi connectivity index (χ1n) is 19.2. The van der Waals surface area contributed by atoms with Gasteiger partial charge in [-0.05, 0) is 102 Å². The topological polar surface area (TPSA) is 208 Å². The number of hydrogen-bond donors (Lipinski definition) is 8. The Bertz CT molecular complexity index is 1300. The number of ether oxygens (including phenoxy) is 1. The Labute approximate surface area is 317 Å². The second-order valence-corrected chi connectivity index (χ2v) is 15.9. The van der Waals surface area contributed by atoms with Gasteiger partial charge in [0.2, 0.25) is 5.91 Å². The fourth-order valence-corrected chi connectivity index (χ4v) is 8.57. The number of guanidine groups is 1. The summed E-state index contributed by atoms with van der Waals surface area (Å²) < 4.78 is 50.1. The number of alkyl halides is 3. The molecule has 0 bridgehead atoms. The molecule has 8 unspecified atom stereocenters. The van der Waals surface area contributed by atoms with E-state index in [-0.39, 0.29) is 65.2 Å². The third-order valence-corrected chi connectivity index (χ3v) is 11.6. The van der Waals surface area contributed by atoms with Crippen molar-refractivity contribution in [2.24, 2.45) is 39.8 Å². The Morgan fingerprint density at radius 2 is 1.75 bits per heavy atom. The smallest absolute Gasteiger partial charge is 0.315 e. The number of nitrogens with one attached hydrogen (secondary N) is 4. The molecule has 3 rings (SSSR count). The maximum atomic E-state index is 14.8. The molecule has 8 atom stereocenters. The zero-order chi connectivity index (χ0) is 39.0. The number of nitrogens with two attached hydrogens (primary N) is 4. The molecule has 2 fully saturated rings. The Hall–Kier alpha value is -3.11. The molecule has 2 saturated carbocycles. The summed E-state index contributed by atoms with van der Waals surface area (Å²) in [5.41, 5.74) is 23.0.